The zero-order chi connectivity index (χ0) is 12.6. The molecule has 0 amide bonds. The Bertz CT molecular complexity index is 574. The zero-order valence-electron chi connectivity index (χ0n) is 8.40. The summed E-state index contributed by atoms with van der Waals surface area (Å²) in [7, 11) is 0. The van der Waals surface area contributed by atoms with Gasteiger partial charge in [-0.2, -0.15) is 0 Å². The van der Waals surface area contributed by atoms with E-state index in [1.165, 1.54) is 4.57 Å². The Balaban J connectivity index is 2.69. The molecule has 2 rings (SSSR count). The van der Waals surface area contributed by atoms with Gasteiger partial charge in [0.25, 0.3) is 0 Å². The van der Waals surface area contributed by atoms with Gasteiger partial charge in [0.05, 0.1) is 11.0 Å². The topological polar surface area (TPSA) is 55.1 Å². The Morgan fingerprint density at radius 3 is 2.59 bits per heavy atom. The monoisotopic (exact) mass is 292 g/mol. The molecule has 0 aliphatic heterocycles. The van der Waals surface area contributed by atoms with Crippen LogP contribution in [0.4, 0.5) is 0 Å². The highest BCUT2D eigenvalue weighted by atomic mass is 35.6. The summed E-state index contributed by atoms with van der Waals surface area (Å²) in [4.78, 5) is 15.0. The number of imidazole rings is 1. The fraction of sp³-hybridized carbons (Fsp3) is 0.200. The number of hydrogen-bond donors (Lipinski definition) is 1. The van der Waals surface area contributed by atoms with Crippen molar-refractivity contribution in [2.75, 3.05) is 0 Å². The lowest BCUT2D eigenvalue weighted by atomic mass is 10.3. The van der Waals surface area contributed by atoms with Crippen LogP contribution in [0.1, 0.15) is 5.82 Å². The molecule has 0 atom stereocenters. The Morgan fingerprint density at radius 2 is 2.00 bits per heavy atom. The van der Waals surface area contributed by atoms with E-state index >= 15 is 0 Å². The van der Waals surface area contributed by atoms with E-state index in [1.54, 1.807) is 24.3 Å². The standard InChI is InChI=1S/C10H7Cl3N2O2/c11-10(12,13)9-14-6-3-1-2-4-7(6)15(9)5-8(16)17/h1-4H,5H2,(H,16,17). The molecular weight excluding hydrogens is 286 g/mol. The first-order chi connectivity index (χ1) is 7.89. The van der Waals surface area contributed by atoms with E-state index in [0.717, 1.165) is 0 Å². The fourth-order valence-electron chi connectivity index (χ4n) is 1.59. The summed E-state index contributed by atoms with van der Waals surface area (Å²) in [5, 5.41) is 8.86. The molecule has 1 aromatic carbocycles. The number of fused-ring (bicyclic) bond motifs is 1. The number of alkyl halides is 3. The number of para-hydroxylation sites is 2. The van der Waals surface area contributed by atoms with Crippen LogP contribution >= 0.6 is 34.8 Å². The summed E-state index contributed by atoms with van der Waals surface area (Å²) >= 11 is 17.3. The Morgan fingerprint density at radius 1 is 1.35 bits per heavy atom. The molecule has 0 aliphatic carbocycles. The van der Waals surface area contributed by atoms with E-state index in [4.69, 9.17) is 39.9 Å². The minimum Gasteiger partial charge on any atom is -0.480 e. The molecule has 2 aromatic rings. The van der Waals surface area contributed by atoms with Crippen molar-refractivity contribution >= 4 is 51.8 Å². The Labute approximate surface area is 112 Å². The van der Waals surface area contributed by atoms with E-state index < -0.39 is 9.76 Å². The molecule has 0 unspecified atom stereocenters. The van der Waals surface area contributed by atoms with Crippen molar-refractivity contribution < 1.29 is 9.90 Å². The van der Waals surface area contributed by atoms with Crippen LogP contribution in [0.15, 0.2) is 24.3 Å². The number of hydrogen-bond acceptors (Lipinski definition) is 2. The van der Waals surface area contributed by atoms with E-state index in [0.29, 0.717) is 11.0 Å². The third-order valence-corrected chi connectivity index (χ3v) is 2.71. The van der Waals surface area contributed by atoms with Gasteiger partial charge in [0, 0.05) is 0 Å². The summed E-state index contributed by atoms with van der Waals surface area (Å²) in [6.07, 6.45) is 0. The molecule has 4 nitrogen and oxygen atoms in total. The van der Waals surface area contributed by atoms with E-state index in [9.17, 15) is 4.79 Å². The number of aromatic nitrogens is 2. The highest BCUT2D eigenvalue weighted by molar-refractivity contribution is 6.66. The minimum absolute atomic E-state index is 0.103. The van der Waals surface area contributed by atoms with Crippen LogP contribution in [0.3, 0.4) is 0 Å². The lowest BCUT2D eigenvalue weighted by Gasteiger charge is -2.12. The smallest absolute Gasteiger partial charge is 0.323 e. The molecule has 1 aromatic heterocycles. The van der Waals surface area contributed by atoms with Crippen LogP contribution in [0.25, 0.3) is 11.0 Å². The predicted molar refractivity (Wildman–Crippen MR) is 66.6 cm³/mol. The van der Waals surface area contributed by atoms with Crippen LogP contribution in [0.2, 0.25) is 0 Å². The van der Waals surface area contributed by atoms with Crippen molar-refractivity contribution in [1.82, 2.24) is 9.55 Å². The quantitative estimate of drug-likeness (QED) is 0.866. The third-order valence-electron chi connectivity index (χ3n) is 2.20. The van der Waals surface area contributed by atoms with Crippen LogP contribution in [0.5, 0.6) is 0 Å². The second-order valence-corrected chi connectivity index (χ2v) is 5.68. The van der Waals surface area contributed by atoms with Crippen molar-refractivity contribution in [1.29, 1.82) is 0 Å². The Hall–Kier alpha value is -0.970. The van der Waals surface area contributed by atoms with Crippen LogP contribution < -0.4 is 0 Å². The summed E-state index contributed by atoms with van der Waals surface area (Å²) in [5.41, 5.74) is 1.21. The van der Waals surface area contributed by atoms with E-state index in [2.05, 4.69) is 4.98 Å². The molecule has 7 heteroatoms. The van der Waals surface area contributed by atoms with Gasteiger partial charge in [0.2, 0.25) is 3.79 Å². The predicted octanol–water partition coefficient (Wildman–Crippen LogP) is 2.95. The van der Waals surface area contributed by atoms with Gasteiger partial charge in [-0.3, -0.25) is 4.79 Å². The van der Waals surface area contributed by atoms with Gasteiger partial charge in [0.1, 0.15) is 6.54 Å². The molecule has 0 saturated heterocycles. The van der Waals surface area contributed by atoms with Gasteiger partial charge in [0.15, 0.2) is 5.82 Å². The van der Waals surface area contributed by atoms with Crippen molar-refractivity contribution in [3.63, 3.8) is 0 Å². The molecule has 1 N–H and O–H groups in total. The molecular formula is C10H7Cl3N2O2. The fourth-order valence-corrected chi connectivity index (χ4v) is 2.02. The average molecular weight is 294 g/mol. The zero-order valence-corrected chi connectivity index (χ0v) is 10.7. The first-order valence-electron chi connectivity index (χ1n) is 4.64. The van der Waals surface area contributed by atoms with Crippen molar-refractivity contribution in [2.45, 2.75) is 10.3 Å². The number of aliphatic carboxylic acids is 1. The summed E-state index contributed by atoms with van der Waals surface area (Å²) in [6.45, 7) is -0.302. The second-order valence-electron chi connectivity index (χ2n) is 3.40. The van der Waals surface area contributed by atoms with E-state index in [1.807, 2.05) is 0 Å². The van der Waals surface area contributed by atoms with Gasteiger partial charge in [-0.25, -0.2) is 4.98 Å². The molecule has 0 saturated carbocycles. The molecule has 1 heterocycles. The highest BCUT2D eigenvalue weighted by Gasteiger charge is 2.30. The Kier molecular flexibility index (Phi) is 3.21. The third kappa shape index (κ3) is 2.49. The van der Waals surface area contributed by atoms with Gasteiger partial charge in [-0.1, -0.05) is 46.9 Å². The van der Waals surface area contributed by atoms with Crippen molar-refractivity contribution in [2.24, 2.45) is 0 Å². The maximum absolute atomic E-state index is 10.8. The van der Waals surface area contributed by atoms with Gasteiger partial charge >= 0.3 is 5.97 Å². The average Bonchev–Trinajstić information content (AvgIpc) is 2.56. The van der Waals surface area contributed by atoms with Gasteiger partial charge in [-0.05, 0) is 12.1 Å². The summed E-state index contributed by atoms with van der Waals surface area (Å²) in [5.74, 6) is -0.922. The number of carbonyl (C=O) groups is 1. The largest absolute Gasteiger partial charge is 0.480 e. The maximum Gasteiger partial charge on any atom is 0.323 e. The van der Waals surface area contributed by atoms with Crippen molar-refractivity contribution in [3.05, 3.63) is 30.1 Å². The van der Waals surface area contributed by atoms with Crippen LogP contribution in [-0.2, 0) is 15.1 Å². The highest BCUT2D eigenvalue weighted by Crippen LogP contribution is 2.38. The lowest BCUT2D eigenvalue weighted by molar-refractivity contribution is -0.137. The van der Waals surface area contributed by atoms with E-state index in [-0.39, 0.29) is 12.4 Å². The molecule has 0 radical (unpaired) electrons. The molecule has 90 valence electrons. The molecule has 17 heavy (non-hydrogen) atoms. The molecule has 0 bridgehead atoms. The maximum atomic E-state index is 10.8. The first kappa shape index (κ1) is 12.5. The minimum atomic E-state index is -1.76. The summed E-state index contributed by atoms with van der Waals surface area (Å²) < 4.78 is -0.376. The van der Waals surface area contributed by atoms with Crippen LogP contribution in [0, 0.1) is 0 Å². The number of rotatable bonds is 2. The molecule has 0 fully saturated rings. The normalized spacial score (nSPS) is 11.9. The molecule has 0 spiro atoms. The van der Waals surface area contributed by atoms with Gasteiger partial charge in [-0.15, -0.1) is 0 Å². The number of carboxylic acid groups (broad SMARTS) is 1. The number of halogens is 3. The summed E-state index contributed by atoms with van der Waals surface area (Å²) in [6, 6.07) is 7.01. The number of benzene rings is 1. The van der Waals surface area contributed by atoms with Crippen molar-refractivity contribution in [3.8, 4) is 0 Å². The number of carboxylic acids is 1. The first-order valence-corrected chi connectivity index (χ1v) is 5.77. The lowest BCUT2D eigenvalue weighted by Crippen LogP contribution is -2.16. The number of nitrogens with zero attached hydrogens (tertiary/aromatic N) is 2. The molecule has 0 aliphatic rings. The SMILES string of the molecule is O=C(O)Cn1c(C(Cl)(Cl)Cl)nc2ccccc21. The van der Waals surface area contributed by atoms with Crippen LogP contribution in [-0.4, -0.2) is 20.6 Å². The second kappa shape index (κ2) is 4.37. The van der Waals surface area contributed by atoms with Gasteiger partial charge < -0.3 is 9.67 Å².